The third kappa shape index (κ3) is 3.16. The molecular weight excluding hydrogens is 344 g/mol. The molecule has 2 aromatic carbocycles. The van der Waals surface area contributed by atoms with Gasteiger partial charge in [0, 0.05) is 22.9 Å². The molecule has 0 aliphatic heterocycles. The summed E-state index contributed by atoms with van der Waals surface area (Å²) in [5, 5.41) is 37.9. The number of hydrogen-bond donors (Lipinski definition) is 4. The molecule has 2 heterocycles. The maximum absolute atomic E-state index is 10.8. The van der Waals surface area contributed by atoms with Gasteiger partial charge in [0.05, 0.1) is 0 Å². The third-order valence-corrected chi connectivity index (χ3v) is 3.48. The molecule has 4 rings (SSSR count). The molecule has 2 aromatic heterocycles. The van der Waals surface area contributed by atoms with Crippen molar-refractivity contribution in [1.82, 2.24) is 0 Å². The van der Waals surface area contributed by atoms with Crippen molar-refractivity contribution in [3.63, 3.8) is 0 Å². The molecule has 8 nitrogen and oxygen atoms in total. The Morgan fingerprint density at radius 3 is 1.27 bits per heavy atom. The summed E-state index contributed by atoms with van der Waals surface area (Å²) in [6.07, 6.45) is 0. The maximum Gasteiger partial charge on any atom is 0.336 e. The van der Waals surface area contributed by atoms with Gasteiger partial charge in [0.2, 0.25) is 11.5 Å². The van der Waals surface area contributed by atoms with Crippen LogP contribution in [0.15, 0.2) is 67.0 Å². The Labute approximate surface area is 144 Å². The molecule has 0 aliphatic rings. The zero-order valence-corrected chi connectivity index (χ0v) is 13.0. The van der Waals surface area contributed by atoms with E-state index >= 15 is 0 Å². The van der Waals surface area contributed by atoms with Crippen molar-refractivity contribution in [2.24, 2.45) is 0 Å². The van der Waals surface area contributed by atoms with E-state index in [2.05, 4.69) is 0 Å². The number of fused-ring (bicyclic) bond motifs is 2. The Bertz CT molecular complexity index is 1120. The Hall–Kier alpha value is -3.94. The molecule has 4 N–H and O–H groups in total. The monoisotopic (exact) mass is 356 g/mol. The van der Waals surface area contributed by atoms with Crippen LogP contribution in [0, 0.1) is 0 Å². The first-order valence-electron chi connectivity index (χ1n) is 7.26. The van der Waals surface area contributed by atoms with Crippen molar-refractivity contribution < 1.29 is 29.3 Å². The van der Waals surface area contributed by atoms with Crippen LogP contribution < -0.4 is 11.3 Å². The van der Waals surface area contributed by atoms with Crippen LogP contribution in [-0.4, -0.2) is 20.4 Å². The van der Waals surface area contributed by atoms with Crippen molar-refractivity contribution in [3.05, 3.63) is 69.4 Å². The first-order valence-corrected chi connectivity index (χ1v) is 7.26. The van der Waals surface area contributed by atoms with E-state index in [0.717, 1.165) is 0 Å². The highest BCUT2D eigenvalue weighted by molar-refractivity contribution is 5.85. The molecule has 0 aliphatic carbocycles. The largest absolute Gasteiger partial charge is 0.504 e. The first-order chi connectivity index (χ1) is 12.4. The van der Waals surface area contributed by atoms with Crippen LogP contribution in [0.3, 0.4) is 0 Å². The molecule has 0 bridgehead atoms. The van der Waals surface area contributed by atoms with Crippen LogP contribution in [-0.2, 0) is 0 Å². The molecule has 8 heteroatoms. The smallest absolute Gasteiger partial charge is 0.336 e. The molecule has 0 saturated carbocycles. The van der Waals surface area contributed by atoms with Crippen molar-refractivity contribution in [2.45, 2.75) is 0 Å². The van der Waals surface area contributed by atoms with Gasteiger partial charge in [-0.2, -0.15) is 0 Å². The summed E-state index contributed by atoms with van der Waals surface area (Å²) in [7, 11) is 0. The lowest BCUT2D eigenvalue weighted by molar-refractivity contribution is 0.397. The van der Waals surface area contributed by atoms with Gasteiger partial charge in [-0.15, -0.1) is 0 Å². The van der Waals surface area contributed by atoms with Crippen molar-refractivity contribution in [3.8, 4) is 23.0 Å². The average Bonchev–Trinajstić information content (AvgIpc) is 2.63. The highest BCUT2D eigenvalue weighted by Gasteiger charge is 2.08. The van der Waals surface area contributed by atoms with Gasteiger partial charge in [0.15, 0.2) is 22.7 Å². The van der Waals surface area contributed by atoms with Gasteiger partial charge < -0.3 is 29.3 Å². The maximum atomic E-state index is 10.8. The summed E-state index contributed by atoms with van der Waals surface area (Å²) >= 11 is 0. The van der Waals surface area contributed by atoms with E-state index < -0.39 is 22.8 Å². The fraction of sp³-hybridized carbons (Fsp3) is 0. The van der Waals surface area contributed by atoms with E-state index in [0.29, 0.717) is 10.8 Å². The molecule has 0 fully saturated rings. The second kappa shape index (κ2) is 6.52. The van der Waals surface area contributed by atoms with Crippen LogP contribution in [0.25, 0.3) is 21.9 Å². The van der Waals surface area contributed by atoms with E-state index in [9.17, 15) is 19.8 Å². The van der Waals surface area contributed by atoms with Gasteiger partial charge in [-0.1, -0.05) is 0 Å². The van der Waals surface area contributed by atoms with Gasteiger partial charge in [0.25, 0.3) is 0 Å². The first kappa shape index (κ1) is 16.9. The van der Waals surface area contributed by atoms with Crippen LogP contribution in [0.1, 0.15) is 0 Å². The van der Waals surface area contributed by atoms with Crippen molar-refractivity contribution in [1.29, 1.82) is 0 Å². The molecule has 0 unspecified atom stereocenters. The number of phenolic OH excluding ortho intramolecular Hbond substituents is 4. The topological polar surface area (TPSA) is 141 Å². The van der Waals surface area contributed by atoms with Crippen LogP contribution in [0.4, 0.5) is 0 Å². The van der Waals surface area contributed by atoms with E-state index in [4.69, 9.17) is 19.0 Å². The van der Waals surface area contributed by atoms with E-state index in [-0.39, 0.29) is 22.7 Å². The summed E-state index contributed by atoms with van der Waals surface area (Å²) in [6, 6.07) is 11.3. The molecule has 0 saturated heterocycles. The Kier molecular flexibility index (Phi) is 4.24. The summed E-state index contributed by atoms with van der Waals surface area (Å²) in [4.78, 5) is 21.6. The van der Waals surface area contributed by atoms with Gasteiger partial charge in [0.1, 0.15) is 0 Å². The summed E-state index contributed by atoms with van der Waals surface area (Å²) < 4.78 is 9.42. The lowest BCUT2D eigenvalue weighted by Gasteiger charge is -1.99. The summed E-state index contributed by atoms with van der Waals surface area (Å²) in [5.41, 5.74) is -1.11. The van der Waals surface area contributed by atoms with Crippen LogP contribution >= 0.6 is 0 Å². The summed E-state index contributed by atoms with van der Waals surface area (Å²) in [5.74, 6) is -1.42. The zero-order chi connectivity index (χ0) is 18.8. The minimum absolute atomic E-state index is 0.00694. The van der Waals surface area contributed by atoms with Gasteiger partial charge in [-0.05, 0) is 36.4 Å². The molecule has 132 valence electrons. The lowest BCUT2D eigenvalue weighted by Crippen LogP contribution is -1.94. The van der Waals surface area contributed by atoms with Crippen molar-refractivity contribution >= 4 is 21.9 Å². The SMILES string of the molecule is O=c1ccc2ccc(O)c(O)c2o1.O=c1ccc2ccc(O)c(O)c2o1. The van der Waals surface area contributed by atoms with Gasteiger partial charge in [-0.3, -0.25) is 0 Å². The summed E-state index contributed by atoms with van der Waals surface area (Å²) in [6.45, 7) is 0. The highest BCUT2D eigenvalue weighted by atomic mass is 16.4. The Morgan fingerprint density at radius 2 is 0.885 bits per heavy atom. The predicted octanol–water partition coefficient (Wildman–Crippen LogP) is 2.41. The molecule has 26 heavy (non-hydrogen) atoms. The normalized spacial score (nSPS) is 10.5. The Morgan fingerprint density at radius 1 is 0.538 bits per heavy atom. The standard InChI is InChI=1S/2C9H6O4/c2*10-6-3-1-5-2-4-7(11)13-9(5)8(6)12/h2*1-4,10,12H. The molecule has 0 atom stereocenters. The molecule has 0 radical (unpaired) electrons. The fourth-order valence-electron chi connectivity index (χ4n) is 2.21. The number of phenols is 4. The minimum atomic E-state index is -0.562. The Balaban J connectivity index is 0.000000151. The van der Waals surface area contributed by atoms with Gasteiger partial charge in [-0.25, -0.2) is 9.59 Å². The van der Waals surface area contributed by atoms with E-state index in [1.807, 2.05) is 0 Å². The number of rotatable bonds is 0. The van der Waals surface area contributed by atoms with Crippen LogP contribution in [0.2, 0.25) is 0 Å². The average molecular weight is 356 g/mol. The minimum Gasteiger partial charge on any atom is -0.504 e. The number of benzene rings is 2. The quantitative estimate of drug-likeness (QED) is 0.278. The third-order valence-electron chi connectivity index (χ3n) is 3.48. The molecule has 4 aromatic rings. The van der Waals surface area contributed by atoms with E-state index in [1.165, 1.54) is 36.4 Å². The number of aromatic hydroxyl groups is 4. The van der Waals surface area contributed by atoms with Gasteiger partial charge >= 0.3 is 11.3 Å². The lowest BCUT2D eigenvalue weighted by atomic mass is 10.2. The molecule has 0 spiro atoms. The predicted molar refractivity (Wildman–Crippen MR) is 91.6 cm³/mol. The number of hydrogen-bond acceptors (Lipinski definition) is 8. The van der Waals surface area contributed by atoms with Crippen molar-refractivity contribution in [2.75, 3.05) is 0 Å². The molecule has 0 amide bonds. The zero-order valence-electron chi connectivity index (χ0n) is 13.0. The fourth-order valence-corrected chi connectivity index (χ4v) is 2.21. The second-order valence-electron chi connectivity index (χ2n) is 5.21. The van der Waals surface area contributed by atoms with Crippen LogP contribution in [0.5, 0.6) is 23.0 Å². The second-order valence-corrected chi connectivity index (χ2v) is 5.21. The van der Waals surface area contributed by atoms with E-state index in [1.54, 1.807) is 12.1 Å². The molecular formula is C18H12O8. The highest BCUT2D eigenvalue weighted by Crippen LogP contribution is 2.32.